The van der Waals surface area contributed by atoms with Crippen molar-refractivity contribution >= 4 is 35.8 Å². The van der Waals surface area contributed by atoms with Crippen molar-refractivity contribution < 1.29 is 28.8 Å². The number of nitrogens with zero attached hydrogens (tertiary/aromatic N) is 2. The Morgan fingerprint density at radius 3 is 2.18 bits per heavy atom. The first kappa shape index (κ1) is 34.7. The Kier molecular flexibility index (Phi) is 12.1. The molecule has 0 radical (unpaired) electrons. The molecule has 2 heterocycles. The monoisotopic (exact) mass is 611 g/mol. The average molecular weight is 612 g/mol. The fourth-order valence-electron chi connectivity index (χ4n) is 6.43. The molecule has 242 valence electrons. The Morgan fingerprint density at radius 1 is 0.977 bits per heavy atom. The van der Waals surface area contributed by atoms with Gasteiger partial charge in [0.25, 0.3) is 5.91 Å². The van der Waals surface area contributed by atoms with Crippen molar-refractivity contribution in [3.63, 3.8) is 0 Å². The zero-order chi connectivity index (χ0) is 32.7. The SMILES string of the molecule is CCCC(C(=O)C(=O)NC(C)c1ccccc1)N1CC[C@H]2CN(C(=O)[C@@H](NC(=O)[C@H](NC=O)C(C)C)C(C)C)C(C1=O)[C@H]2C. The summed E-state index contributed by atoms with van der Waals surface area (Å²) in [5.41, 5.74) is 0.861. The first-order chi connectivity index (χ1) is 20.8. The summed E-state index contributed by atoms with van der Waals surface area (Å²) in [7, 11) is 0. The van der Waals surface area contributed by atoms with Crippen LogP contribution in [0.2, 0.25) is 0 Å². The van der Waals surface area contributed by atoms with Crippen molar-refractivity contribution in [3.8, 4) is 0 Å². The number of benzene rings is 1. The van der Waals surface area contributed by atoms with Crippen molar-refractivity contribution in [2.24, 2.45) is 23.7 Å². The summed E-state index contributed by atoms with van der Waals surface area (Å²) in [4.78, 5) is 82.3. The second-order valence-electron chi connectivity index (χ2n) is 12.9. The molecular weight excluding hydrogens is 562 g/mol. The Morgan fingerprint density at radius 2 is 1.61 bits per heavy atom. The van der Waals surface area contributed by atoms with Gasteiger partial charge in [-0.05, 0) is 49.0 Å². The average Bonchev–Trinajstić information content (AvgIpc) is 3.26. The first-order valence-corrected chi connectivity index (χ1v) is 15.8. The minimum Gasteiger partial charge on any atom is -0.347 e. The van der Waals surface area contributed by atoms with E-state index in [2.05, 4.69) is 16.0 Å². The van der Waals surface area contributed by atoms with Crippen molar-refractivity contribution in [2.75, 3.05) is 13.1 Å². The van der Waals surface area contributed by atoms with E-state index in [1.165, 1.54) is 4.90 Å². The van der Waals surface area contributed by atoms with Gasteiger partial charge in [0, 0.05) is 13.1 Å². The van der Waals surface area contributed by atoms with Crippen LogP contribution in [-0.2, 0) is 28.8 Å². The number of likely N-dealkylation sites (tertiary alicyclic amines) is 2. The summed E-state index contributed by atoms with van der Waals surface area (Å²) < 4.78 is 0. The van der Waals surface area contributed by atoms with Gasteiger partial charge in [0.2, 0.25) is 29.9 Å². The molecule has 2 saturated heterocycles. The van der Waals surface area contributed by atoms with Gasteiger partial charge >= 0.3 is 0 Å². The van der Waals surface area contributed by atoms with Crippen molar-refractivity contribution in [1.82, 2.24) is 25.8 Å². The van der Waals surface area contributed by atoms with Crippen LogP contribution >= 0.6 is 0 Å². The van der Waals surface area contributed by atoms with E-state index >= 15 is 0 Å². The minimum absolute atomic E-state index is 0.0193. The molecule has 1 aromatic carbocycles. The molecule has 0 aromatic heterocycles. The van der Waals surface area contributed by atoms with Crippen LogP contribution in [0, 0.1) is 23.7 Å². The summed E-state index contributed by atoms with van der Waals surface area (Å²) in [6, 6.07) is 5.46. The van der Waals surface area contributed by atoms with Crippen LogP contribution in [0.25, 0.3) is 0 Å². The van der Waals surface area contributed by atoms with Crippen LogP contribution in [0.4, 0.5) is 0 Å². The van der Waals surface area contributed by atoms with Gasteiger partial charge in [-0.3, -0.25) is 28.8 Å². The van der Waals surface area contributed by atoms with Crippen LogP contribution in [0.3, 0.4) is 0 Å². The summed E-state index contributed by atoms with van der Waals surface area (Å²) in [5.74, 6) is -3.23. The van der Waals surface area contributed by atoms with Gasteiger partial charge in [-0.2, -0.15) is 0 Å². The van der Waals surface area contributed by atoms with E-state index in [0.29, 0.717) is 38.8 Å². The third-order valence-electron chi connectivity index (χ3n) is 9.11. The van der Waals surface area contributed by atoms with E-state index < -0.39 is 41.8 Å². The van der Waals surface area contributed by atoms with Gasteiger partial charge in [-0.1, -0.05) is 78.3 Å². The van der Waals surface area contributed by atoms with Gasteiger partial charge in [0.1, 0.15) is 24.2 Å². The molecule has 1 aromatic rings. The van der Waals surface area contributed by atoms with E-state index in [1.807, 2.05) is 58.0 Å². The number of nitrogens with one attached hydrogen (secondary N) is 3. The molecule has 2 fully saturated rings. The number of amides is 5. The Hall–Kier alpha value is -3.76. The number of rotatable bonds is 14. The molecule has 0 spiro atoms. The van der Waals surface area contributed by atoms with E-state index in [1.54, 1.807) is 25.7 Å². The predicted octanol–water partition coefficient (Wildman–Crippen LogP) is 2.21. The van der Waals surface area contributed by atoms with Gasteiger partial charge in [0.05, 0.1) is 6.04 Å². The molecule has 3 unspecified atom stereocenters. The molecule has 2 aliphatic rings. The third-order valence-corrected chi connectivity index (χ3v) is 9.11. The fourth-order valence-corrected chi connectivity index (χ4v) is 6.43. The largest absolute Gasteiger partial charge is 0.347 e. The van der Waals surface area contributed by atoms with Gasteiger partial charge in [0.15, 0.2) is 0 Å². The van der Waals surface area contributed by atoms with Gasteiger partial charge < -0.3 is 25.8 Å². The highest BCUT2D eigenvalue weighted by molar-refractivity contribution is 6.38. The highest BCUT2D eigenvalue weighted by atomic mass is 16.2. The third kappa shape index (κ3) is 7.65. The minimum atomic E-state index is -0.944. The summed E-state index contributed by atoms with van der Waals surface area (Å²) in [6.07, 6.45) is 1.96. The lowest BCUT2D eigenvalue weighted by atomic mass is 9.91. The van der Waals surface area contributed by atoms with Crippen LogP contribution in [0.5, 0.6) is 0 Å². The molecule has 44 heavy (non-hydrogen) atoms. The van der Waals surface area contributed by atoms with Crippen molar-refractivity contribution in [1.29, 1.82) is 0 Å². The molecule has 11 nitrogen and oxygen atoms in total. The zero-order valence-corrected chi connectivity index (χ0v) is 27.0. The van der Waals surface area contributed by atoms with E-state index in [4.69, 9.17) is 0 Å². The smallest absolute Gasteiger partial charge is 0.290 e. The number of Topliss-reactive ketones (excluding diaryl/α,β-unsaturated/α-hetero) is 1. The molecule has 3 N–H and O–H groups in total. The predicted molar refractivity (Wildman–Crippen MR) is 166 cm³/mol. The molecule has 5 amide bonds. The number of hydrogen-bond donors (Lipinski definition) is 3. The fraction of sp³-hybridized carbons (Fsp3) is 0.636. The van der Waals surface area contributed by atoms with E-state index in [0.717, 1.165) is 5.56 Å². The topological polar surface area (TPSA) is 145 Å². The molecule has 2 bridgehead atoms. The molecule has 11 heteroatoms. The molecule has 7 atom stereocenters. The second kappa shape index (κ2) is 15.3. The van der Waals surface area contributed by atoms with Crippen LogP contribution in [0.15, 0.2) is 30.3 Å². The number of carbonyl (C=O) groups excluding carboxylic acids is 6. The lowest BCUT2D eigenvalue weighted by Crippen LogP contribution is -2.60. The van der Waals surface area contributed by atoms with Crippen molar-refractivity contribution in [2.45, 2.75) is 97.9 Å². The normalized spacial score (nSPS) is 22.6. The van der Waals surface area contributed by atoms with Crippen LogP contribution < -0.4 is 16.0 Å². The first-order valence-electron chi connectivity index (χ1n) is 15.8. The molecule has 0 saturated carbocycles. The standard InChI is InChI=1S/C33H49N5O6/c1-8-12-25(29(40)31(42)35-22(7)23-13-10-9-11-14-23)37-16-15-24-17-38(28(21(24)6)33(37)44)32(43)27(20(4)5)36-30(41)26(19(2)3)34-18-39/h9-11,13-14,18-22,24-28H,8,12,15-17H2,1-7H3,(H,34,39)(H,35,42)(H,36,41)/t21-,22?,24-,25?,26+,27-,28?/m0/s1. The van der Waals surface area contributed by atoms with Crippen molar-refractivity contribution in [3.05, 3.63) is 35.9 Å². The van der Waals surface area contributed by atoms with E-state index in [-0.39, 0.29) is 41.5 Å². The maximum Gasteiger partial charge on any atom is 0.290 e. The zero-order valence-electron chi connectivity index (χ0n) is 27.0. The van der Waals surface area contributed by atoms with Crippen LogP contribution in [0.1, 0.15) is 79.3 Å². The Bertz CT molecular complexity index is 1200. The summed E-state index contributed by atoms with van der Waals surface area (Å²) >= 11 is 0. The van der Waals surface area contributed by atoms with Gasteiger partial charge in [-0.15, -0.1) is 0 Å². The number of carbonyl (C=O) groups is 6. The number of fused-ring (bicyclic) bond motifs is 2. The Balaban J connectivity index is 1.83. The Labute approximate surface area is 260 Å². The summed E-state index contributed by atoms with van der Waals surface area (Å²) in [5, 5.41) is 8.13. The number of hydrogen-bond acceptors (Lipinski definition) is 6. The maximum atomic E-state index is 14.2. The summed E-state index contributed by atoms with van der Waals surface area (Å²) in [6.45, 7) is 13.6. The lowest BCUT2D eigenvalue weighted by Gasteiger charge is -2.37. The number of ketones is 1. The maximum absolute atomic E-state index is 14.2. The molecule has 0 aliphatic carbocycles. The highest BCUT2D eigenvalue weighted by Gasteiger charge is 2.52. The quantitative estimate of drug-likeness (QED) is 0.217. The molecule has 2 aliphatic heterocycles. The highest BCUT2D eigenvalue weighted by Crippen LogP contribution is 2.37. The molecular formula is C33H49N5O6. The van der Waals surface area contributed by atoms with E-state index in [9.17, 15) is 28.8 Å². The second-order valence-corrected chi connectivity index (χ2v) is 12.9. The van der Waals surface area contributed by atoms with Gasteiger partial charge in [-0.25, -0.2) is 0 Å². The lowest BCUT2D eigenvalue weighted by molar-refractivity contribution is -0.152. The van der Waals surface area contributed by atoms with Crippen LogP contribution in [-0.4, -0.2) is 82.9 Å². The molecule has 3 rings (SSSR count).